The minimum absolute atomic E-state index is 0.145. The third-order valence-electron chi connectivity index (χ3n) is 5.97. The maximum atomic E-state index is 13.2. The molecule has 0 aromatic heterocycles. The maximum absolute atomic E-state index is 13.2. The van der Waals surface area contributed by atoms with Gasteiger partial charge >= 0.3 is 0 Å². The third kappa shape index (κ3) is 4.03. The number of nitrogens with one attached hydrogen (secondary N) is 1. The molecule has 3 aromatic carbocycles. The van der Waals surface area contributed by atoms with E-state index in [0.29, 0.717) is 23.5 Å². The molecule has 6 heteroatoms. The molecule has 2 aliphatic rings. The first-order valence-electron chi connectivity index (χ1n) is 10.9. The summed E-state index contributed by atoms with van der Waals surface area (Å²) in [6.07, 6.45) is 1.84. The first-order valence-corrected chi connectivity index (χ1v) is 10.9. The van der Waals surface area contributed by atoms with Gasteiger partial charge in [-0.3, -0.25) is 9.59 Å². The molecular weight excluding hydrogens is 412 g/mol. The van der Waals surface area contributed by atoms with Crippen molar-refractivity contribution in [3.63, 3.8) is 0 Å². The minimum Gasteiger partial charge on any atom is -0.342 e. The van der Waals surface area contributed by atoms with Crippen LogP contribution in [-0.2, 0) is 17.9 Å². The van der Waals surface area contributed by atoms with Crippen molar-refractivity contribution in [2.45, 2.75) is 26.9 Å². The van der Waals surface area contributed by atoms with E-state index in [-0.39, 0.29) is 18.0 Å². The fraction of sp³-hybridized carbons (Fsp3) is 0.148. The number of carbonyl (C=O) groups excluding carboxylic acids is 1. The van der Waals surface area contributed by atoms with Crippen LogP contribution in [0.4, 0.5) is 5.69 Å². The molecule has 1 N–H and O–H groups in total. The molecular formula is C27H24N4O2. The average Bonchev–Trinajstić information content (AvgIpc) is 3.12. The molecule has 0 spiro atoms. The lowest BCUT2D eigenvalue weighted by Gasteiger charge is -2.13. The summed E-state index contributed by atoms with van der Waals surface area (Å²) in [6, 6.07) is 23.7. The Morgan fingerprint density at radius 1 is 0.939 bits per heavy atom. The van der Waals surface area contributed by atoms with Crippen molar-refractivity contribution in [1.82, 2.24) is 14.3 Å². The normalized spacial score (nSPS) is 11.2. The van der Waals surface area contributed by atoms with Gasteiger partial charge in [-0.05, 0) is 48.7 Å². The Labute approximate surface area is 191 Å². The highest BCUT2D eigenvalue weighted by Gasteiger charge is 2.21. The number of para-hydroxylation sites is 1. The van der Waals surface area contributed by atoms with E-state index >= 15 is 0 Å². The SMILES string of the molecule is Cc1ccc(NC(=O)Cn2nc3c4ccccc4n(Cc4ccccc4)cc-3c2=O)cc1C. The Hall–Kier alpha value is -4.19. The molecule has 0 fully saturated rings. The summed E-state index contributed by atoms with van der Waals surface area (Å²) in [5.41, 5.74) is 5.92. The molecule has 2 aliphatic heterocycles. The van der Waals surface area contributed by atoms with Crippen molar-refractivity contribution >= 4 is 22.5 Å². The second-order valence-corrected chi connectivity index (χ2v) is 8.33. The lowest BCUT2D eigenvalue weighted by atomic mass is 10.1. The number of pyridine rings is 1. The number of nitrogens with zero attached hydrogens (tertiary/aromatic N) is 3. The predicted molar refractivity (Wildman–Crippen MR) is 131 cm³/mol. The summed E-state index contributed by atoms with van der Waals surface area (Å²) in [5, 5.41) is 8.28. The summed E-state index contributed by atoms with van der Waals surface area (Å²) in [7, 11) is 0. The minimum atomic E-state index is -0.287. The molecule has 3 aromatic rings. The van der Waals surface area contributed by atoms with Gasteiger partial charge in [-0.1, -0.05) is 54.6 Å². The van der Waals surface area contributed by atoms with E-state index in [1.165, 1.54) is 4.68 Å². The van der Waals surface area contributed by atoms with Crippen LogP contribution in [0.25, 0.3) is 22.2 Å². The van der Waals surface area contributed by atoms with Crippen molar-refractivity contribution < 1.29 is 4.79 Å². The molecule has 1 amide bonds. The molecule has 5 rings (SSSR count). The van der Waals surface area contributed by atoms with Crippen LogP contribution in [0.5, 0.6) is 0 Å². The van der Waals surface area contributed by atoms with Gasteiger partial charge in [0.25, 0.3) is 5.56 Å². The number of rotatable bonds is 5. The zero-order valence-electron chi connectivity index (χ0n) is 18.6. The van der Waals surface area contributed by atoms with Gasteiger partial charge in [0.05, 0.1) is 11.1 Å². The van der Waals surface area contributed by atoms with Crippen LogP contribution in [0.15, 0.2) is 83.8 Å². The Bertz CT molecular complexity index is 1500. The maximum Gasteiger partial charge on any atom is 0.278 e. The smallest absolute Gasteiger partial charge is 0.278 e. The van der Waals surface area contributed by atoms with Crippen LogP contribution in [0.1, 0.15) is 16.7 Å². The van der Waals surface area contributed by atoms with Gasteiger partial charge < -0.3 is 9.88 Å². The Kier molecular flexibility index (Phi) is 5.26. The van der Waals surface area contributed by atoms with Gasteiger partial charge in [0.1, 0.15) is 12.2 Å². The first-order chi connectivity index (χ1) is 16.0. The molecule has 6 nitrogen and oxygen atoms in total. The Morgan fingerprint density at radius 2 is 1.70 bits per heavy atom. The number of benzene rings is 3. The van der Waals surface area contributed by atoms with Crippen molar-refractivity contribution in [1.29, 1.82) is 0 Å². The monoisotopic (exact) mass is 436 g/mol. The average molecular weight is 437 g/mol. The van der Waals surface area contributed by atoms with Gasteiger partial charge in [0, 0.05) is 23.8 Å². The molecule has 2 heterocycles. The van der Waals surface area contributed by atoms with Gasteiger partial charge in [-0.2, -0.15) is 5.10 Å². The predicted octanol–water partition coefficient (Wildman–Crippen LogP) is 4.61. The van der Waals surface area contributed by atoms with Gasteiger partial charge in [-0.15, -0.1) is 0 Å². The highest BCUT2D eigenvalue weighted by Crippen LogP contribution is 2.28. The van der Waals surface area contributed by atoms with Crippen LogP contribution < -0.4 is 10.9 Å². The van der Waals surface area contributed by atoms with Crippen molar-refractivity contribution in [2.24, 2.45) is 0 Å². The van der Waals surface area contributed by atoms with Gasteiger partial charge in [-0.25, -0.2) is 4.68 Å². The molecule has 164 valence electrons. The van der Waals surface area contributed by atoms with Crippen LogP contribution in [-0.4, -0.2) is 20.3 Å². The van der Waals surface area contributed by atoms with Crippen LogP contribution in [0.3, 0.4) is 0 Å². The first kappa shape index (κ1) is 20.7. The van der Waals surface area contributed by atoms with E-state index in [1.807, 2.05) is 80.7 Å². The highest BCUT2D eigenvalue weighted by molar-refractivity contribution is 5.94. The molecule has 0 saturated carbocycles. The zero-order valence-corrected chi connectivity index (χ0v) is 18.6. The van der Waals surface area contributed by atoms with E-state index in [4.69, 9.17) is 0 Å². The lowest BCUT2D eigenvalue weighted by molar-refractivity contribution is -0.116. The Morgan fingerprint density at radius 3 is 2.48 bits per heavy atom. The quantitative estimate of drug-likeness (QED) is 0.438. The topological polar surface area (TPSA) is 68.9 Å². The summed E-state index contributed by atoms with van der Waals surface area (Å²) in [4.78, 5) is 25.8. The van der Waals surface area contributed by atoms with E-state index in [2.05, 4.69) is 27.1 Å². The zero-order chi connectivity index (χ0) is 22.9. The number of amides is 1. The summed E-state index contributed by atoms with van der Waals surface area (Å²) in [5.74, 6) is -0.287. The summed E-state index contributed by atoms with van der Waals surface area (Å²) < 4.78 is 3.32. The number of fused-ring (bicyclic) bond motifs is 3. The Balaban J connectivity index is 1.51. The third-order valence-corrected chi connectivity index (χ3v) is 5.97. The van der Waals surface area contributed by atoms with Crippen LogP contribution in [0, 0.1) is 13.8 Å². The van der Waals surface area contributed by atoms with Gasteiger partial charge in [0.2, 0.25) is 5.91 Å². The second-order valence-electron chi connectivity index (χ2n) is 8.33. The molecule has 0 unspecified atom stereocenters. The van der Waals surface area contributed by atoms with E-state index in [1.54, 1.807) is 0 Å². The highest BCUT2D eigenvalue weighted by atomic mass is 16.2. The molecule has 0 atom stereocenters. The largest absolute Gasteiger partial charge is 0.342 e. The molecule has 0 aliphatic carbocycles. The summed E-state index contributed by atoms with van der Waals surface area (Å²) >= 11 is 0. The van der Waals surface area contributed by atoms with Gasteiger partial charge in [0.15, 0.2) is 0 Å². The fourth-order valence-corrected chi connectivity index (χ4v) is 4.10. The molecule has 0 saturated heterocycles. The lowest BCUT2D eigenvalue weighted by Crippen LogP contribution is -2.26. The fourth-order valence-electron chi connectivity index (χ4n) is 4.10. The number of anilines is 1. The standard InChI is InChI=1S/C27H24N4O2/c1-18-12-13-21(14-19(18)2)28-25(32)17-31-27(33)23-16-30(15-20-8-4-3-5-9-20)24-11-7-6-10-22(24)26(23)29-31/h3-14,16H,15,17H2,1-2H3,(H,28,32). The number of aromatic nitrogens is 3. The second kappa shape index (κ2) is 8.39. The van der Waals surface area contributed by atoms with E-state index in [9.17, 15) is 9.59 Å². The number of hydrogen-bond donors (Lipinski definition) is 1. The number of hydrogen-bond acceptors (Lipinski definition) is 3. The molecule has 0 bridgehead atoms. The van der Waals surface area contributed by atoms with Crippen molar-refractivity contribution in [3.8, 4) is 11.3 Å². The number of carbonyl (C=O) groups is 1. The van der Waals surface area contributed by atoms with E-state index < -0.39 is 0 Å². The molecule has 0 radical (unpaired) electrons. The van der Waals surface area contributed by atoms with Crippen molar-refractivity contribution in [3.05, 3.63) is 106 Å². The van der Waals surface area contributed by atoms with E-state index in [0.717, 1.165) is 27.6 Å². The van der Waals surface area contributed by atoms with Crippen LogP contribution in [0.2, 0.25) is 0 Å². The molecule has 33 heavy (non-hydrogen) atoms. The number of aryl methyl sites for hydroxylation is 2. The van der Waals surface area contributed by atoms with Crippen LogP contribution >= 0.6 is 0 Å². The summed E-state index contributed by atoms with van der Waals surface area (Å²) in [6.45, 7) is 4.51. The van der Waals surface area contributed by atoms with Crippen molar-refractivity contribution in [2.75, 3.05) is 5.32 Å².